The summed E-state index contributed by atoms with van der Waals surface area (Å²) in [5.74, 6) is -3.51. The maximum atomic E-state index is 13.0. The normalized spacial score (nSPS) is 10.8. The van der Waals surface area contributed by atoms with E-state index in [2.05, 4.69) is 5.16 Å². The second kappa shape index (κ2) is 4.58. The molecule has 3 nitrogen and oxygen atoms in total. The molecule has 1 aromatic carbocycles. The zero-order valence-electron chi connectivity index (χ0n) is 8.71. The predicted octanol–water partition coefficient (Wildman–Crippen LogP) is 2.26. The van der Waals surface area contributed by atoms with Gasteiger partial charge in [0.1, 0.15) is 11.5 Å². The Hall–Kier alpha value is -1.82. The first kappa shape index (κ1) is 11.7. The summed E-state index contributed by atoms with van der Waals surface area (Å²) < 4.78 is 43.6. The Morgan fingerprint density at radius 2 is 1.76 bits per heavy atom. The average molecular weight is 242 g/mol. The van der Waals surface area contributed by atoms with Crippen molar-refractivity contribution in [2.75, 3.05) is 6.54 Å². The predicted molar refractivity (Wildman–Crippen MR) is 54.6 cm³/mol. The van der Waals surface area contributed by atoms with Crippen LogP contribution in [-0.2, 0) is 6.42 Å². The summed E-state index contributed by atoms with van der Waals surface area (Å²) in [4.78, 5) is 0. The third-order valence-corrected chi connectivity index (χ3v) is 2.23. The molecule has 17 heavy (non-hydrogen) atoms. The molecular weight excluding hydrogens is 233 g/mol. The summed E-state index contributed by atoms with van der Waals surface area (Å²) in [5.41, 5.74) is 5.68. The van der Waals surface area contributed by atoms with Crippen LogP contribution in [0, 0.1) is 17.5 Å². The van der Waals surface area contributed by atoms with E-state index in [0.29, 0.717) is 18.7 Å². The Labute approximate surface area is 95.0 Å². The van der Waals surface area contributed by atoms with Crippen LogP contribution in [0.1, 0.15) is 5.76 Å². The molecule has 1 aromatic heterocycles. The van der Waals surface area contributed by atoms with Crippen molar-refractivity contribution in [1.29, 1.82) is 0 Å². The van der Waals surface area contributed by atoms with Gasteiger partial charge in [0.2, 0.25) is 0 Å². The third kappa shape index (κ3) is 2.31. The van der Waals surface area contributed by atoms with Gasteiger partial charge < -0.3 is 10.3 Å². The lowest BCUT2D eigenvalue weighted by Crippen LogP contribution is -2.01. The van der Waals surface area contributed by atoms with E-state index in [-0.39, 0.29) is 11.3 Å². The lowest BCUT2D eigenvalue weighted by atomic mass is 10.1. The Morgan fingerprint density at radius 3 is 2.35 bits per heavy atom. The number of hydrogen-bond donors (Lipinski definition) is 1. The first-order chi connectivity index (χ1) is 8.11. The summed E-state index contributed by atoms with van der Waals surface area (Å²) in [6.07, 6.45) is 0.471. The lowest BCUT2D eigenvalue weighted by molar-refractivity contribution is 0.386. The van der Waals surface area contributed by atoms with Crippen molar-refractivity contribution in [3.63, 3.8) is 0 Å². The standard InChI is InChI=1S/C11H9F3N2O/c12-8-3-6(4-9(13)11(8)14)10-5-7(1-2-15)17-16-10/h3-5H,1-2,15H2. The van der Waals surface area contributed by atoms with Crippen molar-refractivity contribution < 1.29 is 17.7 Å². The zero-order chi connectivity index (χ0) is 12.4. The topological polar surface area (TPSA) is 52.0 Å². The SMILES string of the molecule is NCCc1cc(-c2cc(F)c(F)c(F)c2)no1. The third-order valence-electron chi connectivity index (χ3n) is 2.23. The number of aromatic nitrogens is 1. The molecule has 0 spiro atoms. The van der Waals surface area contributed by atoms with Gasteiger partial charge in [-0.15, -0.1) is 0 Å². The molecule has 0 unspecified atom stereocenters. The van der Waals surface area contributed by atoms with Crippen LogP contribution in [0.4, 0.5) is 13.2 Å². The van der Waals surface area contributed by atoms with E-state index in [4.69, 9.17) is 10.3 Å². The molecule has 0 bridgehead atoms. The Bertz CT molecular complexity index is 516. The Kier molecular flexibility index (Phi) is 3.14. The summed E-state index contributed by atoms with van der Waals surface area (Å²) in [6, 6.07) is 3.24. The van der Waals surface area contributed by atoms with Gasteiger partial charge in [0.15, 0.2) is 17.5 Å². The van der Waals surface area contributed by atoms with E-state index in [1.165, 1.54) is 6.07 Å². The fourth-order valence-corrected chi connectivity index (χ4v) is 1.41. The minimum absolute atomic E-state index is 0.119. The summed E-state index contributed by atoms with van der Waals surface area (Å²) in [5, 5.41) is 3.63. The molecule has 1 heterocycles. The van der Waals surface area contributed by atoms with Gasteiger partial charge in [-0.25, -0.2) is 13.2 Å². The van der Waals surface area contributed by atoms with Crippen LogP contribution < -0.4 is 5.73 Å². The van der Waals surface area contributed by atoms with Crippen molar-refractivity contribution in [2.24, 2.45) is 5.73 Å². The summed E-state index contributed by atoms with van der Waals surface area (Å²) >= 11 is 0. The van der Waals surface area contributed by atoms with E-state index in [0.717, 1.165) is 12.1 Å². The molecule has 0 saturated heterocycles. The minimum Gasteiger partial charge on any atom is -0.361 e. The van der Waals surface area contributed by atoms with Gasteiger partial charge in [0.25, 0.3) is 0 Å². The molecule has 2 N–H and O–H groups in total. The Morgan fingerprint density at radius 1 is 1.12 bits per heavy atom. The average Bonchev–Trinajstić information content (AvgIpc) is 2.74. The highest BCUT2D eigenvalue weighted by Crippen LogP contribution is 2.23. The largest absolute Gasteiger partial charge is 0.361 e. The van der Waals surface area contributed by atoms with Crippen LogP contribution in [-0.4, -0.2) is 11.7 Å². The maximum absolute atomic E-state index is 13.0. The number of nitrogens with two attached hydrogens (primary N) is 1. The summed E-state index contributed by atoms with van der Waals surface area (Å²) in [7, 11) is 0. The van der Waals surface area contributed by atoms with Crippen LogP contribution in [0.25, 0.3) is 11.3 Å². The lowest BCUT2D eigenvalue weighted by Gasteiger charge is -1.98. The van der Waals surface area contributed by atoms with Gasteiger partial charge in [0, 0.05) is 18.1 Å². The molecule has 2 rings (SSSR count). The van der Waals surface area contributed by atoms with Crippen molar-refractivity contribution >= 4 is 0 Å². The van der Waals surface area contributed by atoms with Crippen LogP contribution in [0.3, 0.4) is 0 Å². The fraction of sp³-hybridized carbons (Fsp3) is 0.182. The second-order valence-electron chi connectivity index (χ2n) is 3.47. The quantitative estimate of drug-likeness (QED) is 0.840. The minimum atomic E-state index is -1.50. The molecule has 0 saturated carbocycles. The van der Waals surface area contributed by atoms with E-state index >= 15 is 0 Å². The molecule has 0 aliphatic carbocycles. The van der Waals surface area contributed by atoms with E-state index in [1.54, 1.807) is 0 Å². The second-order valence-corrected chi connectivity index (χ2v) is 3.47. The van der Waals surface area contributed by atoms with Gasteiger partial charge in [-0.2, -0.15) is 0 Å². The Balaban J connectivity index is 2.39. The van der Waals surface area contributed by atoms with E-state index < -0.39 is 17.5 Å². The molecule has 0 aliphatic heterocycles. The highest BCUT2D eigenvalue weighted by molar-refractivity contribution is 5.59. The first-order valence-electron chi connectivity index (χ1n) is 4.92. The van der Waals surface area contributed by atoms with E-state index in [1.807, 2.05) is 0 Å². The number of rotatable bonds is 3. The molecule has 90 valence electrons. The van der Waals surface area contributed by atoms with Gasteiger partial charge in [-0.1, -0.05) is 5.16 Å². The highest BCUT2D eigenvalue weighted by Gasteiger charge is 2.14. The smallest absolute Gasteiger partial charge is 0.194 e. The van der Waals surface area contributed by atoms with Crippen molar-refractivity contribution in [2.45, 2.75) is 6.42 Å². The van der Waals surface area contributed by atoms with Gasteiger partial charge in [0.05, 0.1) is 0 Å². The maximum Gasteiger partial charge on any atom is 0.194 e. The van der Waals surface area contributed by atoms with Crippen LogP contribution >= 0.6 is 0 Å². The van der Waals surface area contributed by atoms with Crippen molar-refractivity contribution in [1.82, 2.24) is 5.16 Å². The molecule has 0 aliphatic rings. The summed E-state index contributed by atoms with van der Waals surface area (Å²) in [6.45, 7) is 0.376. The molecular formula is C11H9F3N2O. The van der Waals surface area contributed by atoms with Gasteiger partial charge >= 0.3 is 0 Å². The number of halogens is 3. The number of hydrogen-bond acceptors (Lipinski definition) is 3. The molecule has 2 aromatic rings. The number of nitrogens with zero attached hydrogens (tertiary/aromatic N) is 1. The van der Waals surface area contributed by atoms with Crippen molar-refractivity contribution in [3.05, 3.63) is 41.4 Å². The van der Waals surface area contributed by atoms with Gasteiger partial charge in [-0.3, -0.25) is 0 Å². The molecule has 0 radical (unpaired) electrons. The monoisotopic (exact) mass is 242 g/mol. The molecule has 0 atom stereocenters. The fourth-order valence-electron chi connectivity index (χ4n) is 1.41. The van der Waals surface area contributed by atoms with Crippen LogP contribution in [0.15, 0.2) is 22.7 Å². The van der Waals surface area contributed by atoms with Crippen LogP contribution in [0.2, 0.25) is 0 Å². The molecule has 0 amide bonds. The number of benzene rings is 1. The first-order valence-corrected chi connectivity index (χ1v) is 4.92. The molecule has 0 fully saturated rings. The van der Waals surface area contributed by atoms with E-state index in [9.17, 15) is 13.2 Å². The zero-order valence-corrected chi connectivity index (χ0v) is 8.71. The van der Waals surface area contributed by atoms with Crippen molar-refractivity contribution in [3.8, 4) is 11.3 Å². The van der Waals surface area contributed by atoms with Gasteiger partial charge in [-0.05, 0) is 18.7 Å². The van der Waals surface area contributed by atoms with Crippen LogP contribution in [0.5, 0.6) is 0 Å². The highest BCUT2D eigenvalue weighted by atomic mass is 19.2. The molecule has 6 heteroatoms.